The molecule has 3 rings (SSSR count). The second kappa shape index (κ2) is 7.80. The van der Waals surface area contributed by atoms with Crippen LogP contribution in [0.15, 0.2) is 48.9 Å². The van der Waals surface area contributed by atoms with Gasteiger partial charge in [0, 0.05) is 0 Å². The molecule has 0 saturated carbocycles. The summed E-state index contributed by atoms with van der Waals surface area (Å²) in [7, 11) is 0. The maximum absolute atomic E-state index is 11.9. The van der Waals surface area contributed by atoms with Crippen LogP contribution in [0.5, 0.6) is 5.75 Å². The van der Waals surface area contributed by atoms with Crippen molar-refractivity contribution in [2.24, 2.45) is 0 Å². The Hall–Kier alpha value is -2.22. The summed E-state index contributed by atoms with van der Waals surface area (Å²) in [5.74, 6) is 0.690. The van der Waals surface area contributed by atoms with Crippen LogP contribution in [-0.4, -0.2) is 52.2 Å². The van der Waals surface area contributed by atoms with E-state index in [1.54, 1.807) is 12.4 Å². The molecule has 0 aliphatic heterocycles. The second-order valence-corrected chi connectivity index (χ2v) is 22.2. The molecular formula is C20H25N3O3Sn. The van der Waals surface area contributed by atoms with Crippen molar-refractivity contribution in [1.82, 2.24) is 9.97 Å². The number of anilines is 1. The molecule has 1 unspecified atom stereocenters. The first kappa shape index (κ1) is 19.5. The van der Waals surface area contributed by atoms with E-state index in [-0.39, 0.29) is 12.6 Å². The maximum atomic E-state index is 11.9. The van der Waals surface area contributed by atoms with Crippen LogP contribution in [0, 0.1) is 0 Å². The number of nitrogens with one attached hydrogen (secondary N) is 1. The summed E-state index contributed by atoms with van der Waals surface area (Å²) in [6.07, 6.45) is 4.33. The number of carboxylic acid groups (broad SMARTS) is 1. The van der Waals surface area contributed by atoms with E-state index in [0.717, 1.165) is 10.9 Å². The molecule has 2 heterocycles. The van der Waals surface area contributed by atoms with E-state index in [4.69, 9.17) is 4.74 Å². The zero-order chi connectivity index (χ0) is 19.6. The predicted octanol–water partition coefficient (Wildman–Crippen LogP) is 4.06. The van der Waals surface area contributed by atoms with Gasteiger partial charge >= 0.3 is 163 Å². The molecule has 0 bridgehead atoms. The van der Waals surface area contributed by atoms with Gasteiger partial charge in [-0.2, -0.15) is 0 Å². The van der Waals surface area contributed by atoms with Crippen LogP contribution >= 0.6 is 0 Å². The number of pyridine rings is 1. The summed E-state index contributed by atoms with van der Waals surface area (Å²) in [4.78, 5) is 27.7. The Balaban J connectivity index is 1.79. The van der Waals surface area contributed by atoms with Gasteiger partial charge < -0.3 is 0 Å². The molecule has 6 nitrogen and oxygen atoms in total. The van der Waals surface area contributed by atoms with Crippen molar-refractivity contribution in [3.63, 3.8) is 0 Å². The summed E-state index contributed by atoms with van der Waals surface area (Å²) >= 11 is -2.23. The number of aromatic nitrogens is 2. The number of nitrogens with zero attached hydrogens (tertiary/aromatic N) is 2. The van der Waals surface area contributed by atoms with Crippen molar-refractivity contribution in [2.45, 2.75) is 27.8 Å². The van der Waals surface area contributed by atoms with Crippen molar-refractivity contribution < 1.29 is 14.6 Å². The van der Waals surface area contributed by atoms with E-state index in [0.29, 0.717) is 11.4 Å². The van der Waals surface area contributed by atoms with E-state index in [1.807, 2.05) is 43.5 Å². The third kappa shape index (κ3) is 4.37. The fourth-order valence-corrected chi connectivity index (χ4v) is 5.94. The Morgan fingerprint density at radius 2 is 2.04 bits per heavy atom. The minimum absolute atomic E-state index is 0.247. The molecular weight excluding hydrogens is 449 g/mol. The molecule has 0 radical (unpaired) electrons. The zero-order valence-electron chi connectivity index (χ0n) is 16.1. The summed E-state index contributed by atoms with van der Waals surface area (Å²) in [5.41, 5.74) is 1.54. The summed E-state index contributed by atoms with van der Waals surface area (Å²) in [5, 5.41) is 10.6. The summed E-state index contributed by atoms with van der Waals surface area (Å²) in [6.45, 7) is 2.09. The monoisotopic (exact) mass is 475 g/mol. The molecule has 7 heteroatoms. The topological polar surface area (TPSA) is 78.4 Å². The van der Waals surface area contributed by atoms with Gasteiger partial charge in [-0.05, 0) is 0 Å². The number of hydrogen-bond donors (Lipinski definition) is 2. The van der Waals surface area contributed by atoms with Crippen molar-refractivity contribution in [3.8, 4) is 5.75 Å². The van der Waals surface area contributed by atoms with Gasteiger partial charge in [0.25, 0.3) is 0 Å². The Bertz CT molecular complexity index is 949. The number of aromatic amines is 1. The number of rotatable bonds is 6. The molecule has 1 aromatic carbocycles. The van der Waals surface area contributed by atoms with Crippen LogP contribution in [0.1, 0.15) is 6.92 Å². The molecule has 2 N–H and O–H groups in total. The molecule has 2 aromatic heterocycles. The van der Waals surface area contributed by atoms with Gasteiger partial charge in [0.2, 0.25) is 0 Å². The van der Waals surface area contributed by atoms with Crippen LogP contribution in [0.25, 0.3) is 10.9 Å². The van der Waals surface area contributed by atoms with Crippen LogP contribution in [0.3, 0.4) is 0 Å². The minimum atomic E-state index is -2.23. The van der Waals surface area contributed by atoms with Crippen LogP contribution in [-0.2, 0) is 0 Å². The van der Waals surface area contributed by atoms with Crippen molar-refractivity contribution >= 4 is 44.6 Å². The molecule has 0 saturated heterocycles. The van der Waals surface area contributed by atoms with Gasteiger partial charge in [-0.15, -0.1) is 0 Å². The van der Waals surface area contributed by atoms with E-state index in [2.05, 4.69) is 24.8 Å². The van der Waals surface area contributed by atoms with Gasteiger partial charge in [-0.3, -0.25) is 0 Å². The van der Waals surface area contributed by atoms with Crippen LogP contribution < -0.4 is 13.2 Å². The second-order valence-electron chi connectivity index (χ2n) is 7.69. The van der Waals surface area contributed by atoms with Gasteiger partial charge in [0.1, 0.15) is 0 Å². The molecule has 0 aliphatic rings. The number of benzene rings is 1. The molecule has 3 aromatic rings. The third-order valence-corrected chi connectivity index (χ3v) is 10.3. The quantitative estimate of drug-likeness (QED) is 0.529. The first-order valence-corrected chi connectivity index (χ1v) is 18.9. The molecule has 1 amide bonds. The van der Waals surface area contributed by atoms with Gasteiger partial charge in [0.05, 0.1) is 0 Å². The molecule has 0 aliphatic carbocycles. The summed E-state index contributed by atoms with van der Waals surface area (Å²) in [6, 6.07) is 9.34. The Kier molecular flexibility index (Phi) is 5.64. The van der Waals surface area contributed by atoms with Gasteiger partial charge in [-0.1, -0.05) is 0 Å². The van der Waals surface area contributed by atoms with E-state index in [9.17, 15) is 9.90 Å². The Labute approximate surface area is 163 Å². The Morgan fingerprint density at radius 1 is 1.30 bits per heavy atom. The number of hydrogen-bond acceptors (Lipinski definition) is 3. The van der Waals surface area contributed by atoms with E-state index >= 15 is 0 Å². The van der Waals surface area contributed by atoms with Crippen molar-refractivity contribution in [2.75, 3.05) is 11.5 Å². The molecule has 142 valence electrons. The number of H-pyrrole nitrogens is 1. The first-order chi connectivity index (χ1) is 12.8. The first-order valence-electron chi connectivity index (χ1n) is 8.94. The number of ether oxygens (including phenoxy) is 1. The predicted molar refractivity (Wildman–Crippen MR) is 111 cm³/mol. The fourth-order valence-electron chi connectivity index (χ4n) is 2.98. The van der Waals surface area contributed by atoms with Crippen LogP contribution in [0.2, 0.25) is 14.8 Å². The van der Waals surface area contributed by atoms with Crippen molar-refractivity contribution in [3.05, 3.63) is 48.9 Å². The van der Waals surface area contributed by atoms with Crippen molar-refractivity contribution in [1.29, 1.82) is 0 Å². The molecule has 1 atom stereocenters. The average molecular weight is 474 g/mol. The van der Waals surface area contributed by atoms with Gasteiger partial charge in [-0.25, -0.2) is 0 Å². The summed E-state index contributed by atoms with van der Waals surface area (Å²) < 4.78 is 7.18. The SMILES string of the molecule is CC(COc1cnc[c]([Sn]([CH3])([CH3])[CH3])c1)N(C(=O)O)c1c[nH]c2ccccc12. The standard InChI is InChI=1S/C17H16N3O3.3CH3.Sn/c1-12(11-23-13-5-4-8-18-9-13)20(17(21)22)16-10-19-15-7-3-2-6-14(15)16;;;;/h2-3,5-10,12,19H,11H2,1H3,(H,21,22);3*1H3;. The Morgan fingerprint density at radius 3 is 2.74 bits per heavy atom. The fraction of sp³-hybridized carbons (Fsp3) is 0.300. The number of fused-ring (bicyclic) bond motifs is 1. The molecule has 0 fully saturated rings. The molecule has 27 heavy (non-hydrogen) atoms. The van der Waals surface area contributed by atoms with E-state index < -0.39 is 24.5 Å². The third-order valence-electron chi connectivity index (χ3n) is 4.54. The number of para-hydroxylation sites is 1. The normalized spacial score (nSPS) is 12.7. The van der Waals surface area contributed by atoms with E-state index in [1.165, 1.54) is 8.48 Å². The number of amides is 1. The zero-order valence-corrected chi connectivity index (χ0v) is 18.9. The molecule has 0 spiro atoms. The van der Waals surface area contributed by atoms with Crippen LogP contribution in [0.4, 0.5) is 10.5 Å². The number of carbonyl (C=O) groups is 1. The van der Waals surface area contributed by atoms with Gasteiger partial charge in [0.15, 0.2) is 0 Å². The average Bonchev–Trinajstić information content (AvgIpc) is 3.03.